The molecule has 2 N–H and O–H groups in total. The molecule has 7 heteroatoms. The molecule has 0 aliphatic heterocycles. The van der Waals surface area contributed by atoms with Crippen LogP contribution in [0.2, 0.25) is 5.02 Å². The van der Waals surface area contributed by atoms with Crippen molar-refractivity contribution in [2.24, 2.45) is 5.18 Å². The van der Waals surface area contributed by atoms with Crippen LogP contribution in [0.15, 0.2) is 15.7 Å². The fourth-order valence-corrected chi connectivity index (χ4v) is 1.85. The minimum absolute atomic E-state index is 0.0460. The Morgan fingerprint density at radius 2 is 2.27 bits per heavy atom. The lowest BCUT2D eigenvalue weighted by Crippen LogP contribution is -1.81. The Balaban J connectivity index is 2.98. The number of H-pyrrole nitrogens is 1. The third-order valence-corrected chi connectivity index (χ3v) is 3.20. The van der Waals surface area contributed by atoms with Gasteiger partial charge in [-0.05, 0) is 27.2 Å². The van der Waals surface area contributed by atoms with Gasteiger partial charge in [-0.25, -0.2) is 4.39 Å². The molecule has 0 bridgehead atoms. The molecule has 1 aromatic heterocycles. The third-order valence-electron chi connectivity index (χ3n) is 1.98. The molecule has 1 heterocycles. The zero-order chi connectivity index (χ0) is 11.2. The van der Waals surface area contributed by atoms with E-state index < -0.39 is 11.7 Å². The molecule has 1 aromatic carbocycles. The average Bonchev–Trinajstić information content (AvgIpc) is 2.51. The molecule has 0 saturated heterocycles. The fraction of sp³-hybridized carbons (Fsp3) is 0. The first kappa shape index (κ1) is 10.4. The van der Waals surface area contributed by atoms with E-state index in [0.29, 0.717) is 0 Å². The van der Waals surface area contributed by atoms with Gasteiger partial charge in [-0.3, -0.25) is 0 Å². The molecule has 0 amide bonds. The van der Waals surface area contributed by atoms with Gasteiger partial charge >= 0.3 is 0 Å². The highest BCUT2D eigenvalue weighted by atomic mass is 79.9. The monoisotopic (exact) mass is 292 g/mol. The molecular weight excluding hydrogens is 290 g/mol. The lowest BCUT2D eigenvalue weighted by molar-refractivity contribution is 0.459. The van der Waals surface area contributed by atoms with Gasteiger partial charge in [0.25, 0.3) is 0 Å². The number of hydrogen-bond acceptors (Lipinski definition) is 3. The SMILES string of the molecule is O=Nc1c(O)[nH]c2c(F)c(Cl)c(Br)cc12. The lowest BCUT2D eigenvalue weighted by atomic mass is 10.2. The number of nitroso groups, excluding NO2 is 1. The van der Waals surface area contributed by atoms with Crippen molar-refractivity contribution in [2.75, 3.05) is 0 Å². The smallest absolute Gasteiger partial charge is 0.219 e. The zero-order valence-corrected chi connectivity index (χ0v) is 9.36. The number of aromatic amines is 1. The first-order valence-electron chi connectivity index (χ1n) is 3.77. The Kier molecular flexibility index (Phi) is 2.40. The van der Waals surface area contributed by atoms with Gasteiger partial charge in [-0.1, -0.05) is 11.6 Å². The van der Waals surface area contributed by atoms with Crippen molar-refractivity contribution >= 4 is 44.1 Å². The van der Waals surface area contributed by atoms with Gasteiger partial charge in [-0.2, -0.15) is 0 Å². The predicted octanol–water partition coefficient (Wildman–Crippen LogP) is 3.83. The van der Waals surface area contributed by atoms with E-state index in [9.17, 15) is 14.4 Å². The predicted molar refractivity (Wildman–Crippen MR) is 58.1 cm³/mol. The first-order valence-corrected chi connectivity index (χ1v) is 4.95. The van der Waals surface area contributed by atoms with Gasteiger partial charge in [0.1, 0.15) is 0 Å². The van der Waals surface area contributed by atoms with E-state index in [-0.39, 0.29) is 26.1 Å². The number of fused-ring (bicyclic) bond motifs is 1. The molecule has 0 aliphatic rings. The van der Waals surface area contributed by atoms with Gasteiger partial charge < -0.3 is 10.1 Å². The quantitative estimate of drug-likeness (QED) is 0.620. The molecule has 2 rings (SSSR count). The van der Waals surface area contributed by atoms with Gasteiger partial charge in [0.05, 0.1) is 10.5 Å². The number of nitrogens with one attached hydrogen (secondary N) is 1. The van der Waals surface area contributed by atoms with E-state index in [1.54, 1.807) is 0 Å². The van der Waals surface area contributed by atoms with Crippen LogP contribution in [0, 0.1) is 10.7 Å². The molecule has 78 valence electrons. The van der Waals surface area contributed by atoms with Crippen molar-refractivity contribution in [2.45, 2.75) is 0 Å². The van der Waals surface area contributed by atoms with Crippen LogP contribution in [0.3, 0.4) is 0 Å². The largest absolute Gasteiger partial charge is 0.493 e. The number of aromatic hydroxyl groups is 1. The summed E-state index contributed by atoms with van der Waals surface area (Å²) in [5.74, 6) is -1.22. The van der Waals surface area contributed by atoms with Crippen molar-refractivity contribution in [1.82, 2.24) is 4.98 Å². The Morgan fingerprint density at radius 1 is 1.60 bits per heavy atom. The molecule has 0 aliphatic carbocycles. The van der Waals surface area contributed by atoms with Crippen LogP contribution in [0.4, 0.5) is 10.1 Å². The maximum Gasteiger partial charge on any atom is 0.219 e. The summed E-state index contributed by atoms with van der Waals surface area (Å²) in [6.45, 7) is 0. The summed E-state index contributed by atoms with van der Waals surface area (Å²) >= 11 is 8.66. The molecule has 0 saturated carbocycles. The highest BCUT2D eigenvalue weighted by Gasteiger charge is 2.18. The molecule has 0 fully saturated rings. The van der Waals surface area contributed by atoms with E-state index in [2.05, 4.69) is 26.1 Å². The van der Waals surface area contributed by atoms with Crippen molar-refractivity contribution in [1.29, 1.82) is 0 Å². The van der Waals surface area contributed by atoms with Gasteiger partial charge in [0.2, 0.25) is 5.88 Å². The molecular formula is C8H3BrClFN2O2. The second-order valence-corrected chi connectivity index (χ2v) is 4.05. The summed E-state index contributed by atoms with van der Waals surface area (Å²) in [6.07, 6.45) is 0. The van der Waals surface area contributed by atoms with Crippen LogP contribution in [-0.2, 0) is 0 Å². The summed E-state index contributed by atoms with van der Waals surface area (Å²) in [7, 11) is 0. The minimum atomic E-state index is -0.744. The van der Waals surface area contributed by atoms with E-state index in [4.69, 9.17) is 11.6 Å². The highest BCUT2D eigenvalue weighted by Crippen LogP contribution is 2.40. The average molecular weight is 293 g/mol. The van der Waals surface area contributed by atoms with E-state index in [1.165, 1.54) is 6.07 Å². The Labute approximate surface area is 96.1 Å². The zero-order valence-electron chi connectivity index (χ0n) is 7.01. The number of rotatable bonds is 1. The van der Waals surface area contributed by atoms with Crippen molar-refractivity contribution in [3.63, 3.8) is 0 Å². The highest BCUT2D eigenvalue weighted by molar-refractivity contribution is 9.10. The third kappa shape index (κ3) is 1.40. The van der Waals surface area contributed by atoms with Gasteiger partial charge in [-0.15, -0.1) is 4.91 Å². The van der Waals surface area contributed by atoms with Crippen molar-refractivity contribution < 1.29 is 9.50 Å². The van der Waals surface area contributed by atoms with E-state index >= 15 is 0 Å². The van der Waals surface area contributed by atoms with Crippen LogP contribution >= 0.6 is 27.5 Å². The molecule has 0 radical (unpaired) electrons. The topological polar surface area (TPSA) is 65.4 Å². The lowest BCUT2D eigenvalue weighted by Gasteiger charge is -1.98. The second-order valence-electron chi connectivity index (χ2n) is 2.82. The van der Waals surface area contributed by atoms with E-state index in [0.717, 1.165) is 0 Å². The van der Waals surface area contributed by atoms with Gasteiger partial charge in [0, 0.05) is 9.86 Å². The second kappa shape index (κ2) is 3.46. The fourth-order valence-electron chi connectivity index (χ4n) is 1.30. The van der Waals surface area contributed by atoms with E-state index in [1.807, 2.05) is 0 Å². The maximum atomic E-state index is 13.5. The number of hydrogen-bond donors (Lipinski definition) is 2. The van der Waals surface area contributed by atoms with Crippen LogP contribution < -0.4 is 0 Å². The van der Waals surface area contributed by atoms with Gasteiger partial charge in [0.15, 0.2) is 11.5 Å². The number of benzene rings is 1. The molecule has 0 spiro atoms. The van der Waals surface area contributed by atoms with Crippen LogP contribution in [0.25, 0.3) is 10.9 Å². The molecule has 15 heavy (non-hydrogen) atoms. The standard InChI is InChI=1S/C8H3BrClFN2O2/c9-3-1-2-6(5(11)4(3)10)12-8(14)7(2)13-15/h1,12,14H. The van der Waals surface area contributed by atoms with Crippen LogP contribution in [0.1, 0.15) is 0 Å². The minimum Gasteiger partial charge on any atom is -0.493 e. The Hall–Kier alpha value is -1.14. The summed E-state index contributed by atoms with van der Waals surface area (Å²) in [5, 5.41) is 11.9. The summed E-state index contributed by atoms with van der Waals surface area (Å²) < 4.78 is 13.8. The van der Waals surface area contributed by atoms with Crippen molar-refractivity contribution in [3.8, 4) is 5.88 Å². The molecule has 4 nitrogen and oxygen atoms in total. The normalized spacial score (nSPS) is 10.9. The number of halogens is 3. The summed E-state index contributed by atoms with van der Waals surface area (Å²) in [6, 6.07) is 1.41. The number of nitrogens with zero attached hydrogens (tertiary/aromatic N) is 1. The van der Waals surface area contributed by atoms with Crippen molar-refractivity contribution in [3.05, 3.63) is 26.3 Å². The Bertz CT molecular complexity index is 570. The Morgan fingerprint density at radius 3 is 2.87 bits per heavy atom. The van der Waals surface area contributed by atoms with Crippen LogP contribution in [0.5, 0.6) is 5.88 Å². The summed E-state index contributed by atoms with van der Waals surface area (Å²) in [4.78, 5) is 12.7. The summed E-state index contributed by atoms with van der Waals surface area (Å²) in [5.41, 5.74) is -0.281. The number of aromatic nitrogens is 1. The van der Waals surface area contributed by atoms with Crippen LogP contribution in [-0.4, -0.2) is 10.1 Å². The molecule has 0 atom stereocenters. The maximum absolute atomic E-state index is 13.5. The molecule has 2 aromatic rings. The molecule has 0 unspecified atom stereocenters. The first-order chi connectivity index (χ1) is 7.06.